The highest BCUT2D eigenvalue weighted by atomic mass is 32.2. The lowest BCUT2D eigenvalue weighted by Crippen LogP contribution is -2.17. The summed E-state index contributed by atoms with van der Waals surface area (Å²) in [4.78, 5) is 17.4. The zero-order chi connectivity index (χ0) is 18.5. The third kappa shape index (κ3) is 8.23. The van der Waals surface area contributed by atoms with Gasteiger partial charge < -0.3 is 0 Å². The minimum Gasteiger partial charge on any atom is -0.214 e. The Labute approximate surface area is 153 Å². The van der Waals surface area contributed by atoms with Gasteiger partial charge in [0.1, 0.15) is 4.21 Å². The number of rotatable bonds is 9. The molecule has 0 spiro atoms. The van der Waals surface area contributed by atoms with Crippen LogP contribution in [0, 0.1) is 0 Å². The maximum Gasteiger partial charge on any atom is 0.373 e. The molecule has 0 unspecified atom stereocenters. The second-order valence-electron chi connectivity index (χ2n) is 5.41. The van der Waals surface area contributed by atoms with Crippen molar-refractivity contribution in [2.45, 2.75) is 42.7 Å². The van der Waals surface area contributed by atoms with Gasteiger partial charge in [-0.15, -0.1) is 11.3 Å². The SMILES string of the molecule is CNS(=O)(=O)c1ccc(CCCCCCc2ccccc2)s1.O=C=O. The van der Waals surface area contributed by atoms with Gasteiger partial charge in [-0.25, -0.2) is 13.1 Å². The van der Waals surface area contributed by atoms with Gasteiger partial charge in [-0.3, -0.25) is 0 Å². The second-order valence-corrected chi connectivity index (χ2v) is 8.69. The molecule has 1 heterocycles. The predicted octanol–water partition coefficient (Wildman–Crippen LogP) is 3.42. The third-order valence-corrected chi connectivity index (χ3v) is 6.70. The van der Waals surface area contributed by atoms with Crippen LogP contribution in [-0.2, 0) is 32.5 Å². The van der Waals surface area contributed by atoms with Crippen molar-refractivity contribution in [3.63, 3.8) is 0 Å². The van der Waals surface area contributed by atoms with Crippen LogP contribution in [0.2, 0.25) is 0 Å². The smallest absolute Gasteiger partial charge is 0.214 e. The fourth-order valence-corrected chi connectivity index (χ4v) is 4.60. The van der Waals surface area contributed by atoms with Crippen molar-refractivity contribution in [1.29, 1.82) is 0 Å². The summed E-state index contributed by atoms with van der Waals surface area (Å²) in [6.45, 7) is 0. The molecule has 0 aliphatic heterocycles. The lowest BCUT2D eigenvalue weighted by molar-refractivity contribution is -0.191. The molecule has 5 nitrogen and oxygen atoms in total. The van der Waals surface area contributed by atoms with E-state index < -0.39 is 10.0 Å². The van der Waals surface area contributed by atoms with E-state index in [2.05, 4.69) is 29.0 Å². The number of carbonyl (C=O) groups excluding carboxylic acids is 2. The van der Waals surface area contributed by atoms with E-state index in [0.717, 1.165) is 24.1 Å². The van der Waals surface area contributed by atoms with Gasteiger partial charge in [-0.05, 0) is 50.4 Å². The molecule has 7 heteroatoms. The zero-order valence-corrected chi connectivity index (χ0v) is 15.9. The van der Waals surface area contributed by atoms with E-state index in [9.17, 15) is 8.42 Å². The van der Waals surface area contributed by atoms with Gasteiger partial charge in [0.2, 0.25) is 10.0 Å². The molecular weight excluding hydrogens is 358 g/mol. The molecule has 0 saturated heterocycles. The Hall–Kier alpha value is -1.79. The van der Waals surface area contributed by atoms with Crippen molar-refractivity contribution in [1.82, 2.24) is 4.72 Å². The lowest BCUT2D eigenvalue weighted by atomic mass is 10.1. The van der Waals surface area contributed by atoms with Crippen molar-refractivity contribution in [2.24, 2.45) is 0 Å². The number of sulfonamides is 1. The molecule has 0 radical (unpaired) electrons. The van der Waals surface area contributed by atoms with Crippen LogP contribution in [0.4, 0.5) is 0 Å². The van der Waals surface area contributed by atoms with E-state index in [4.69, 9.17) is 9.59 Å². The maximum atomic E-state index is 11.7. The van der Waals surface area contributed by atoms with E-state index in [0.29, 0.717) is 4.21 Å². The fourth-order valence-electron chi connectivity index (χ4n) is 2.36. The van der Waals surface area contributed by atoms with E-state index in [-0.39, 0.29) is 6.15 Å². The van der Waals surface area contributed by atoms with Crippen LogP contribution in [0.5, 0.6) is 0 Å². The highest BCUT2D eigenvalue weighted by molar-refractivity contribution is 7.91. The summed E-state index contributed by atoms with van der Waals surface area (Å²) in [5.41, 5.74) is 1.41. The van der Waals surface area contributed by atoms with E-state index in [1.807, 2.05) is 12.1 Å². The number of nitrogens with one attached hydrogen (secondary N) is 1. The van der Waals surface area contributed by atoms with Crippen molar-refractivity contribution < 1.29 is 18.0 Å². The van der Waals surface area contributed by atoms with E-state index in [1.165, 1.54) is 43.2 Å². The van der Waals surface area contributed by atoms with Crippen LogP contribution in [-0.4, -0.2) is 21.6 Å². The molecule has 136 valence electrons. The molecule has 0 bridgehead atoms. The quantitative estimate of drug-likeness (QED) is 0.675. The number of unbranched alkanes of at least 4 members (excludes halogenated alkanes) is 3. The lowest BCUT2D eigenvalue weighted by Gasteiger charge is -2.02. The molecular formula is C18H23NO4S2. The van der Waals surface area contributed by atoms with Crippen LogP contribution in [0.15, 0.2) is 46.7 Å². The van der Waals surface area contributed by atoms with Crippen molar-refractivity contribution in [3.05, 3.63) is 52.9 Å². The first-order chi connectivity index (χ1) is 12.0. The molecule has 1 aromatic carbocycles. The van der Waals surface area contributed by atoms with Gasteiger partial charge in [-0.2, -0.15) is 9.59 Å². The Morgan fingerprint density at radius 3 is 2.12 bits per heavy atom. The first-order valence-electron chi connectivity index (χ1n) is 8.09. The summed E-state index contributed by atoms with van der Waals surface area (Å²) in [5, 5.41) is 0. The monoisotopic (exact) mass is 381 g/mol. The summed E-state index contributed by atoms with van der Waals surface area (Å²) in [7, 11) is -1.83. The van der Waals surface area contributed by atoms with E-state index in [1.54, 1.807) is 6.07 Å². The molecule has 0 aliphatic rings. The molecule has 25 heavy (non-hydrogen) atoms. The van der Waals surface area contributed by atoms with E-state index >= 15 is 0 Å². The Kier molecular flexibility index (Phi) is 9.96. The topological polar surface area (TPSA) is 80.3 Å². The minimum atomic E-state index is -3.28. The summed E-state index contributed by atoms with van der Waals surface area (Å²) in [6.07, 6.45) is 7.11. The molecule has 1 aromatic heterocycles. The summed E-state index contributed by atoms with van der Waals surface area (Å²) in [5.74, 6) is 0. The van der Waals surface area contributed by atoms with Crippen molar-refractivity contribution in [2.75, 3.05) is 7.05 Å². The minimum absolute atomic E-state index is 0.250. The Bertz CT molecular complexity index is 748. The van der Waals surface area contributed by atoms with Crippen LogP contribution in [0.1, 0.15) is 36.1 Å². The highest BCUT2D eigenvalue weighted by Gasteiger charge is 2.13. The summed E-state index contributed by atoms with van der Waals surface area (Å²) < 4.78 is 26.1. The number of thiophene rings is 1. The first kappa shape index (κ1) is 21.3. The van der Waals surface area contributed by atoms with Gasteiger partial charge in [0.15, 0.2) is 0 Å². The van der Waals surface area contributed by atoms with Crippen LogP contribution in [0.25, 0.3) is 0 Å². The molecule has 0 amide bonds. The first-order valence-corrected chi connectivity index (χ1v) is 10.4. The van der Waals surface area contributed by atoms with Gasteiger partial charge >= 0.3 is 6.15 Å². The van der Waals surface area contributed by atoms with Gasteiger partial charge in [0.25, 0.3) is 0 Å². The molecule has 2 rings (SSSR count). The Morgan fingerprint density at radius 2 is 1.52 bits per heavy atom. The molecule has 1 N–H and O–H groups in total. The van der Waals surface area contributed by atoms with Gasteiger partial charge in [0, 0.05) is 4.88 Å². The largest absolute Gasteiger partial charge is 0.373 e. The van der Waals surface area contributed by atoms with Crippen molar-refractivity contribution in [3.8, 4) is 0 Å². The molecule has 0 saturated carbocycles. The normalized spacial score (nSPS) is 10.6. The standard InChI is InChI=1S/C17H23NO2S2.CO2/c1-18-22(19,20)17-14-13-16(21-17)12-8-3-2-5-9-15-10-6-4-7-11-15;2-1-3/h4,6-7,10-11,13-14,18H,2-3,5,8-9,12H2,1H3;. The average molecular weight is 382 g/mol. The van der Waals surface area contributed by atoms with Crippen LogP contribution in [0.3, 0.4) is 0 Å². The summed E-state index contributed by atoms with van der Waals surface area (Å²) >= 11 is 1.37. The average Bonchev–Trinajstić information content (AvgIpc) is 3.09. The number of hydrogen-bond acceptors (Lipinski definition) is 5. The van der Waals surface area contributed by atoms with Gasteiger partial charge in [0.05, 0.1) is 0 Å². The fraction of sp³-hybridized carbons (Fsp3) is 0.389. The van der Waals surface area contributed by atoms with Gasteiger partial charge in [-0.1, -0.05) is 43.2 Å². The molecule has 0 atom stereocenters. The summed E-state index contributed by atoms with van der Waals surface area (Å²) in [6, 6.07) is 14.2. The number of hydrogen-bond donors (Lipinski definition) is 1. The van der Waals surface area contributed by atoms with Crippen LogP contribution < -0.4 is 4.72 Å². The Balaban J connectivity index is 0.000000970. The van der Waals surface area contributed by atoms with Crippen LogP contribution >= 0.6 is 11.3 Å². The second kappa shape index (κ2) is 11.7. The molecule has 0 fully saturated rings. The van der Waals surface area contributed by atoms with Crippen molar-refractivity contribution >= 4 is 27.5 Å². The number of aryl methyl sites for hydroxylation is 2. The predicted molar refractivity (Wildman–Crippen MR) is 97.9 cm³/mol. The maximum absolute atomic E-state index is 11.7. The highest BCUT2D eigenvalue weighted by Crippen LogP contribution is 2.23. The zero-order valence-electron chi connectivity index (χ0n) is 14.2. The molecule has 2 aromatic rings. The third-order valence-electron chi connectivity index (χ3n) is 3.65. The Morgan fingerprint density at radius 1 is 0.920 bits per heavy atom. The molecule has 0 aliphatic carbocycles. The number of benzene rings is 1.